The highest BCUT2D eigenvalue weighted by Gasteiger charge is 2.20. The van der Waals surface area contributed by atoms with Gasteiger partial charge in [0.05, 0.1) is 16.5 Å². The molecule has 8 heteroatoms. The number of aryl methyl sites for hydroxylation is 3. The lowest BCUT2D eigenvalue weighted by atomic mass is 10.1. The van der Waals surface area contributed by atoms with Crippen molar-refractivity contribution in [1.29, 1.82) is 5.26 Å². The minimum Gasteiger partial charge on any atom is -0.339 e. The van der Waals surface area contributed by atoms with Gasteiger partial charge >= 0.3 is 0 Å². The summed E-state index contributed by atoms with van der Waals surface area (Å²) in [5.74, 6) is 0.583. The Morgan fingerprint density at radius 1 is 0.893 bits per heavy atom. The van der Waals surface area contributed by atoms with E-state index >= 15 is 0 Å². The first kappa shape index (κ1) is 19.3. The molecule has 1 heterocycles. The van der Waals surface area contributed by atoms with Crippen LogP contribution >= 0.6 is 0 Å². The Labute approximate surface area is 164 Å². The Bertz CT molecular complexity index is 1130. The van der Waals surface area contributed by atoms with Crippen LogP contribution in [0.5, 0.6) is 0 Å². The highest BCUT2D eigenvalue weighted by molar-refractivity contribution is 7.92. The standard InChI is InChI=1S/C20H19N5O2S/c1-13-10-14(2)20(15(3)11-13)28(26,27)25-19-9-8-18(23-24-19)22-17-6-4-16(12-21)5-7-17/h4-11H,1-3H3,(H,22,23)(H,24,25). The number of hydrogen-bond acceptors (Lipinski definition) is 6. The number of nitriles is 1. The van der Waals surface area contributed by atoms with Crippen molar-refractivity contribution >= 4 is 27.3 Å². The van der Waals surface area contributed by atoms with E-state index in [0.29, 0.717) is 22.5 Å². The van der Waals surface area contributed by atoms with E-state index in [0.717, 1.165) is 11.3 Å². The molecule has 0 amide bonds. The van der Waals surface area contributed by atoms with Crippen molar-refractivity contribution in [2.45, 2.75) is 25.7 Å². The van der Waals surface area contributed by atoms with E-state index in [9.17, 15) is 8.42 Å². The molecule has 142 valence electrons. The molecule has 0 saturated heterocycles. The van der Waals surface area contributed by atoms with E-state index in [-0.39, 0.29) is 10.7 Å². The van der Waals surface area contributed by atoms with Crippen LogP contribution < -0.4 is 10.0 Å². The van der Waals surface area contributed by atoms with Gasteiger partial charge in [0, 0.05) is 5.69 Å². The highest BCUT2D eigenvalue weighted by Crippen LogP contribution is 2.24. The first-order valence-electron chi connectivity index (χ1n) is 8.50. The topological polar surface area (TPSA) is 108 Å². The number of sulfonamides is 1. The minimum atomic E-state index is -3.77. The van der Waals surface area contributed by atoms with Gasteiger partial charge in [-0.2, -0.15) is 5.26 Å². The van der Waals surface area contributed by atoms with Crippen molar-refractivity contribution in [3.05, 3.63) is 70.8 Å². The van der Waals surface area contributed by atoms with Crippen molar-refractivity contribution in [2.24, 2.45) is 0 Å². The van der Waals surface area contributed by atoms with Gasteiger partial charge in [0.2, 0.25) is 0 Å². The molecule has 2 aromatic carbocycles. The van der Waals surface area contributed by atoms with Crippen LogP contribution in [0.4, 0.5) is 17.3 Å². The first-order valence-corrected chi connectivity index (χ1v) is 9.98. The van der Waals surface area contributed by atoms with Crippen LogP contribution in [0.1, 0.15) is 22.3 Å². The summed E-state index contributed by atoms with van der Waals surface area (Å²) in [6.07, 6.45) is 0. The van der Waals surface area contributed by atoms with E-state index in [1.165, 1.54) is 6.07 Å². The van der Waals surface area contributed by atoms with Gasteiger partial charge in [0.15, 0.2) is 11.6 Å². The van der Waals surface area contributed by atoms with E-state index in [4.69, 9.17) is 5.26 Å². The lowest BCUT2D eigenvalue weighted by Crippen LogP contribution is -2.17. The maximum atomic E-state index is 12.8. The molecule has 0 unspecified atom stereocenters. The summed E-state index contributed by atoms with van der Waals surface area (Å²) < 4.78 is 28.0. The molecule has 1 aromatic heterocycles. The minimum absolute atomic E-state index is 0.129. The smallest absolute Gasteiger partial charge is 0.263 e. The first-order chi connectivity index (χ1) is 13.3. The lowest BCUT2D eigenvalue weighted by molar-refractivity contribution is 0.599. The Kier molecular flexibility index (Phi) is 5.29. The summed E-state index contributed by atoms with van der Waals surface area (Å²) in [6.45, 7) is 5.46. The summed E-state index contributed by atoms with van der Waals surface area (Å²) in [5.41, 5.74) is 3.66. The highest BCUT2D eigenvalue weighted by atomic mass is 32.2. The van der Waals surface area contributed by atoms with Gasteiger partial charge in [-0.1, -0.05) is 17.7 Å². The van der Waals surface area contributed by atoms with Gasteiger partial charge in [-0.3, -0.25) is 4.72 Å². The molecule has 3 aromatic rings. The fourth-order valence-electron chi connectivity index (χ4n) is 3.01. The third-order valence-electron chi connectivity index (χ3n) is 4.06. The van der Waals surface area contributed by atoms with Crippen molar-refractivity contribution in [3.8, 4) is 6.07 Å². The van der Waals surface area contributed by atoms with Gasteiger partial charge in [-0.05, 0) is 68.3 Å². The van der Waals surface area contributed by atoms with Gasteiger partial charge in [-0.15, -0.1) is 10.2 Å². The van der Waals surface area contributed by atoms with Crippen LogP contribution in [-0.4, -0.2) is 18.6 Å². The molecule has 0 aliphatic heterocycles. The van der Waals surface area contributed by atoms with E-state index < -0.39 is 10.0 Å². The molecular weight excluding hydrogens is 374 g/mol. The molecule has 0 saturated carbocycles. The van der Waals surface area contributed by atoms with E-state index in [1.807, 2.05) is 19.1 Å². The quantitative estimate of drug-likeness (QED) is 0.682. The summed E-state index contributed by atoms with van der Waals surface area (Å²) in [6, 6.07) is 15.7. The number of nitrogens with one attached hydrogen (secondary N) is 2. The van der Waals surface area contributed by atoms with Crippen LogP contribution in [0.3, 0.4) is 0 Å². The Morgan fingerprint density at radius 3 is 2.00 bits per heavy atom. The van der Waals surface area contributed by atoms with Gasteiger partial charge in [0.1, 0.15) is 0 Å². The summed E-state index contributed by atoms with van der Waals surface area (Å²) >= 11 is 0. The predicted octanol–water partition coefficient (Wildman–Crippen LogP) is 3.82. The SMILES string of the molecule is Cc1cc(C)c(S(=O)(=O)Nc2ccc(Nc3ccc(C#N)cc3)nn2)c(C)c1. The molecule has 7 nitrogen and oxygen atoms in total. The predicted molar refractivity (Wildman–Crippen MR) is 108 cm³/mol. The average molecular weight is 393 g/mol. The Balaban J connectivity index is 1.77. The molecule has 2 N–H and O–H groups in total. The number of aromatic nitrogens is 2. The summed E-state index contributed by atoms with van der Waals surface area (Å²) in [4.78, 5) is 0.250. The van der Waals surface area contributed by atoms with Crippen LogP contribution in [0.15, 0.2) is 53.4 Å². The molecule has 3 rings (SSSR count). The second-order valence-corrected chi connectivity index (χ2v) is 8.07. The zero-order valence-electron chi connectivity index (χ0n) is 15.7. The third kappa shape index (κ3) is 4.27. The zero-order chi connectivity index (χ0) is 20.3. The third-order valence-corrected chi connectivity index (χ3v) is 5.72. The van der Waals surface area contributed by atoms with Crippen molar-refractivity contribution in [3.63, 3.8) is 0 Å². The molecule has 0 aliphatic carbocycles. The Morgan fingerprint density at radius 2 is 1.46 bits per heavy atom. The maximum absolute atomic E-state index is 12.8. The molecule has 0 atom stereocenters. The summed E-state index contributed by atoms with van der Waals surface area (Å²) in [5, 5.41) is 19.8. The average Bonchev–Trinajstić information content (AvgIpc) is 2.62. The molecule has 0 fully saturated rings. The van der Waals surface area contributed by atoms with Crippen LogP contribution in [0, 0.1) is 32.1 Å². The number of rotatable bonds is 5. The lowest BCUT2D eigenvalue weighted by Gasteiger charge is -2.13. The van der Waals surface area contributed by atoms with Crippen molar-refractivity contribution in [1.82, 2.24) is 10.2 Å². The van der Waals surface area contributed by atoms with E-state index in [2.05, 4.69) is 26.3 Å². The van der Waals surface area contributed by atoms with Crippen LogP contribution in [0.25, 0.3) is 0 Å². The molecular formula is C20H19N5O2S. The second-order valence-electron chi connectivity index (χ2n) is 6.45. The van der Waals surface area contributed by atoms with Gasteiger partial charge < -0.3 is 5.32 Å². The van der Waals surface area contributed by atoms with Crippen molar-refractivity contribution in [2.75, 3.05) is 10.0 Å². The molecule has 28 heavy (non-hydrogen) atoms. The molecule has 0 radical (unpaired) electrons. The molecule has 0 bridgehead atoms. The fraction of sp³-hybridized carbons (Fsp3) is 0.150. The molecule has 0 aliphatic rings. The van der Waals surface area contributed by atoms with Gasteiger partial charge in [-0.25, -0.2) is 8.42 Å². The number of nitrogens with zero attached hydrogens (tertiary/aromatic N) is 3. The molecule has 0 spiro atoms. The largest absolute Gasteiger partial charge is 0.339 e. The number of anilines is 3. The van der Waals surface area contributed by atoms with Gasteiger partial charge in [0.25, 0.3) is 10.0 Å². The number of benzene rings is 2. The maximum Gasteiger partial charge on any atom is 0.263 e. The second kappa shape index (κ2) is 7.66. The zero-order valence-corrected chi connectivity index (χ0v) is 16.5. The van der Waals surface area contributed by atoms with Crippen LogP contribution in [0.2, 0.25) is 0 Å². The number of hydrogen-bond donors (Lipinski definition) is 2. The van der Waals surface area contributed by atoms with Crippen molar-refractivity contribution < 1.29 is 8.42 Å². The normalized spacial score (nSPS) is 10.9. The van der Waals surface area contributed by atoms with E-state index in [1.54, 1.807) is 44.2 Å². The fourth-order valence-corrected chi connectivity index (χ4v) is 4.46. The summed E-state index contributed by atoms with van der Waals surface area (Å²) in [7, 11) is -3.77. The Hall–Kier alpha value is -3.44. The van der Waals surface area contributed by atoms with Crippen LogP contribution in [-0.2, 0) is 10.0 Å². The monoisotopic (exact) mass is 393 g/mol.